The van der Waals surface area contributed by atoms with Crippen LogP contribution in [0.4, 0.5) is 5.82 Å². The molecule has 0 bridgehead atoms. The molecule has 24 heavy (non-hydrogen) atoms. The molecule has 0 aliphatic carbocycles. The number of hydrogen-bond donors (Lipinski definition) is 0. The first-order valence-corrected chi connectivity index (χ1v) is 10.1. The number of sulfonamides is 1. The monoisotopic (exact) mass is 429 g/mol. The van der Waals surface area contributed by atoms with Crippen LogP contribution in [0.15, 0.2) is 32.3 Å². The molecule has 0 amide bonds. The van der Waals surface area contributed by atoms with Gasteiger partial charge in [0.05, 0.1) is 3.79 Å². The average molecular weight is 430 g/mol. The van der Waals surface area contributed by atoms with E-state index in [-0.39, 0.29) is 0 Å². The number of nitrogens with zero attached hydrogens (tertiary/aromatic N) is 7. The predicted molar refractivity (Wildman–Crippen MR) is 91.6 cm³/mol. The minimum atomic E-state index is -3.44. The van der Waals surface area contributed by atoms with Crippen molar-refractivity contribution in [3.63, 3.8) is 0 Å². The van der Waals surface area contributed by atoms with Gasteiger partial charge in [-0.2, -0.15) is 4.31 Å². The van der Waals surface area contributed by atoms with E-state index < -0.39 is 10.0 Å². The summed E-state index contributed by atoms with van der Waals surface area (Å²) in [6.45, 7) is 1.94. The second-order valence-electron chi connectivity index (χ2n) is 5.17. The average Bonchev–Trinajstić information content (AvgIpc) is 3.23. The van der Waals surface area contributed by atoms with Gasteiger partial charge in [0.15, 0.2) is 11.5 Å². The van der Waals surface area contributed by atoms with Gasteiger partial charge in [-0.05, 0) is 50.6 Å². The molecule has 0 radical (unpaired) electrons. The Bertz CT molecular complexity index is 978. The number of fused-ring (bicyclic) bond motifs is 1. The van der Waals surface area contributed by atoms with Crippen molar-refractivity contribution in [2.75, 3.05) is 31.1 Å². The second kappa shape index (κ2) is 6.02. The predicted octanol–water partition coefficient (Wildman–Crippen LogP) is 0.854. The lowest BCUT2D eigenvalue weighted by molar-refractivity contribution is 0.384. The van der Waals surface area contributed by atoms with Gasteiger partial charge in [-0.25, -0.2) is 8.42 Å². The highest BCUT2D eigenvalue weighted by molar-refractivity contribution is 9.11. The Morgan fingerprint density at radius 3 is 2.58 bits per heavy atom. The van der Waals surface area contributed by atoms with Crippen molar-refractivity contribution >= 4 is 48.8 Å². The molecule has 0 N–H and O–H groups in total. The van der Waals surface area contributed by atoms with Gasteiger partial charge >= 0.3 is 0 Å². The topological polar surface area (TPSA) is 96.6 Å². The van der Waals surface area contributed by atoms with Crippen LogP contribution in [0.3, 0.4) is 0 Å². The van der Waals surface area contributed by atoms with E-state index in [1.165, 1.54) is 20.3 Å². The number of anilines is 1. The zero-order valence-corrected chi connectivity index (χ0v) is 15.5. The standard InChI is InChI=1S/C12H12BrN7O2S2/c13-9-1-4-12(23-9)24(21,22)19-7-5-18(6-8-19)11-3-2-10-14-16-17-20(10)15-11/h1-4H,5-8H2. The summed E-state index contributed by atoms with van der Waals surface area (Å²) in [7, 11) is -3.44. The molecule has 0 atom stereocenters. The van der Waals surface area contributed by atoms with Crippen LogP contribution in [0.5, 0.6) is 0 Å². The molecule has 12 heteroatoms. The number of rotatable bonds is 3. The van der Waals surface area contributed by atoms with Crippen molar-refractivity contribution in [3.05, 3.63) is 28.1 Å². The Balaban J connectivity index is 1.50. The van der Waals surface area contributed by atoms with Gasteiger partial charge in [0.1, 0.15) is 4.21 Å². The lowest BCUT2D eigenvalue weighted by Crippen LogP contribution is -2.48. The van der Waals surface area contributed by atoms with Crippen LogP contribution >= 0.6 is 27.3 Å². The fourth-order valence-corrected chi connectivity index (χ4v) is 6.12. The molecule has 1 aliphatic rings. The Hall–Kier alpha value is -1.63. The number of halogens is 1. The SMILES string of the molecule is O=S(=O)(c1ccc(Br)s1)N1CCN(c2ccc3nnnn3n2)CC1. The van der Waals surface area contributed by atoms with Crippen molar-refractivity contribution in [2.45, 2.75) is 4.21 Å². The molecule has 0 unspecified atom stereocenters. The third-order valence-electron chi connectivity index (χ3n) is 3.76. The number of aromatic nitrogens is 5. The summed E-state index contributed by atoms with van der Waals surface area (Å²) in [5, 5.41) is 15.5. The second-order valence-corrected chi connectivity index (χ2v) is 9.80. The molecule has 4 rings (SSSR count). The van der Waals surface area contributed by atoms with E-state index >= 15 is 0 Å². The van der Waals surface area contributed by atoms with Gasteiger partial charge in [0.2, 0.25) is 0 Å². The van der Waals surface area contributed by atoms with Crippen molar-refractivity contribution in [3.8, 4) is 0 Å². The van der Waals surface area contributed by atoms with Crippen LogP contribution in [-0.4, -0.2) is 64.2 Å². The van der Waals surface area contributed by atoms with Crippen molar-refractivity contribution in [1.29, 1.82) is 0 Å². The molecule has 0 aromatic carbocycles. The van der Waals surface area contributed by atoms with Crippen LogP contribution in [-0.2, 0) is 10.0 Å². The van der Waals surface area contributed by atoms with Gasteiger partial charge in [0.25, 0.3) is 10.0 Å². The van der Waals surface area contributed by atoms with Crippen molar-refractivity contribution in [1.82, 2.24) is 29.6 Å². The lowest BCUT2D eigenvalue weighted by Gasteiger charge is -2.34. The molecular weight excluding hydrogens is 418 g/mol. The number of tetrazole rings is 1. The van der Waals surface area contributed by atoms with E-state index in [2.05, 4.69) is 36.6 Å². The molecule has 3 aromatic heterocycles. The highest BCUT2D eigenvalue weighted by Gasteiger charge is 2.30. The summed E-state index contributed by atoms with van der Waals surface area (Å²) < 4.78 is 29.3. The van der Waals surface area contributed by atoms with Gasteiger partial charge < -0.3 is 4.90 Å². The maximum atomic E-state index is 12.6. The maximum Gasteiger partial charge on any atom is 0.252 e. The largest absolute Gasteiger partial charge is 0.352 e. The van der Waals surface area contributed by atoms with E-state index in [9.17, 15) is 8.42 Å². The fraction of sp³-hybridized carbons (Fsp3) is 0.333. The Kier molecular flexibility index (Phi) is 3.98. The van der Waals surface area contributed by atoms with Crippen LogP contribution in [0.2, 0.25) is 0 Å². The summed E-state index contributed by atoms with van der Waals surface area (Å²) in [6, 6.07) is 7.00. The molecular formula is C12H12BrN7O2S2. The summed E-state index contributed by atoms with van der Waals surface area (Å²) in [6.07, 6.45) is 0. The summed E-state index contributed by atoms with van der Waals surface area (Å²) in [4.78, 5) is 2.03. The zero-order chi connectivity index (χ0) is 16.7. The third-order valence-corrected chi connectivity index (χ3v) is 7.75. The van der Waals surface area contributed by atoms with E-state index in [4.69, 9.17) is 0 Å². The van der Waals surface area contributed by atoms with E-state index in [1.807, 2.05) is 11.0 Å². The Morgan fingerprint density at radius 1 is 1.08 bits per heavy atom. The maximum absolute atomic E-state index is 12.6. The van der Waals surface area contributed by atoms with Crippen molar-refractivity contribution < 1.29 is 8.42 Å². The first-order chi connectivity index (χ1) is 11.5. The molecule has 0 spiro atoms. The third kappa shape index (κ3) is 2.79. The van der Waals surface area contributed by atoms with E-state index in [1.54, 1.807) is 18.2 Å². The van der Waals surface area contributed by atoms with Gasteiger partial charge in [-0.3, -0.25) is 0 Å². The van der Waals surface area contributed by atoms with Crippen molar-refractivity contribution in [2.24, 2.45) is 0 Å². The van der Waals surface area contributed by atoms with Gasteiger partial charge in [-0.15, -0.1) is 26.2 Å². The first kappa shape index (κ1) is 15.9. The van der Waals surface area contributed by atoms with E-state index in [0.29, 0.717) is 36.0 Å². The van der Waals surface area contributed by atoms with Crippen LogP contribution < -0.4 is 4.90 Å². The molecule has 126 valence electrons. The minimum absolute atomic E-state index is 0.357. The normalized spacial score (nSPS) is 16.8. The zero-order valence-electron chi connectivity index (χ0n) is 12.3. The molecule has 9 nitrogen and oxygen atoms in total. The highest BCUT2D eigenvalue weighted by Crippen LogP contribution is 2.29. The Morgan fingerprint density at radius 2 is 1.88 bits per heavy atom. The quantitative estimate of drug-likeness (QED) is 0.608. The smallest absolute Gasteiger partial charge is 0.252 e. The van der Waals surface area contributed by atoms with Gasteiger partial charge in [0, 0.05) is 26.2 Å². The summed E-state index contributed by atoms with van der Waals surface area (Å²) >= 11 is 4.53. The molecule has 1 saturated heterocycles. The van der Waals surface area contributed by atoms with Crippen LogP contribution in [0.1, 0.15) is 0 Å². The first-order valence-electron chi connectivity index (χ1n) is 7.10. The van der Waals surface area contributed by atoms with Crippen LogP contribution in [0.25, 0.3) is 5.65 Å². The molecule has 3 aromatic rings. The molecule has 4 heterocycles. The minimum Gasteiger partial charge on any atom is -0.352 e. The Labute approximate surface area is 150 Å². The summed E-state index contributed by atoms with van der Waals surface area (Å²) in [5.74, 6) is 0.728. The molecule has 1 fully saturated rings. The number of piperazine rings is 1. The van der Waals surface area contributed by atoms with Gasteiger partial charge in [-0.1, -0.05) is 0 Å². The number of thiophene rings is 1. The lowest BCUT2D eigenvalue weighted by atomic mass is 10.3. The highest BCUT2D eigenvalue weighted by atomic mass is 79.9. The number of hydrogen-bond acceptors (Lipinski definition) is 8. The van der Waals surface area contributed by atoms with Crippen LogP contribution in [0, 0.1) is 0 Å². The molecule has 1 aliphatic heterocycles. The fourth-order valence-electron chi connectivity index (χ4n) is 2.53. The summed E-state index contributed by atoms with van der Waals surface area (Å²) in [5.41, 5.74) is 0.572. The molecule has 0 saturated carbocycles. The van der Waals surface area contributed by atoms with E-state index in [0.717, 1.165) is 9.60 Å².